The van der Waals surface area contributed by atoms with Crippen LogP contribution in [0.4, 0.5) is 0 Å². The van der Waals surface area contributed by atoms with E-state index in [1.807, 2.05) is 0 Å². The van der Waals surface area contributed by atoms with Gasteiger partial charge in [0.25, 0.3) is 0 Å². The zero-order valence-electron chi connectivity index (χ0n) is 15.2. The van der Waals surface area contributed by atoms with Gasteiger partial charge in [0.15, 0.2) is 5.96 Å². The predicted octanol–water partition coefficient (Wildman–Crippen LogP) is 2.02. The number of fused-ring (bicyclic) bond motifs is 1. The van der Waals surface area contributed by atoms with Crippen molar-refractivity contribution >= 4 is 41.7 Å². The average Bonchev–Trinajstić information content (AvgIpc) is 3.00. The van der Waals surface area contributed by atoms with Crippen LogP contribution in [0.3, 0.4) is 0 Å². The van der Waals surface area contributed by atoms with E-state index in [9.17, 15) is 0 Å². The third kappa shape index (κ3) is 4.51. The van der Waals surface area contributed by atoms with Gasteiger partial charge >= 0.3 is 0 Å². The van der Waals surface area contributed by atoms with E-state index in [2.05, 4.69) is 48.1 Å². The summed E-state index contributed by atoms with van der Waals surface area (Å²) < 4.78 is 5.89. The van der Waals surface area contributed by atoms with Crippen LogP contribution < -0.4 is 10.6 Å². The number of ether oxygens (including phenoxy) is 1. The molecule has 140 valence electrons. The number of thioether (sulfide) groups is 1. The SMILES string of the molecule is CCNC(=NCCN1CCSCC1)NC1C2CCOC2C1(C)C.I. The van der Waals surface area contributed by atoms with Gasteiger partial charge in [0, 0.05) is 61.7 Å². The van der Waals surface area contributed by atoms with Crippen LogP contribution in [-0.2, 0) is 4.74 Å². The van der Waals surface area contributed by atoms with Crippen LogP contribution in [0.5, 0.6) is 0 Å². The van der Waals surface area contributed by atoms with Gasteiger partial charge in [0.2, 0.25) is 0 Å². The molecule has 3 aliphatic rings. The second-order valence-corrected chi connectivity index (χ2v) is 8.63. The van der Waals surface area contributed by atoms with Gasteiger partial charge in [-0.05, 0) is 13.3 Å². The van der Waals surface area contributed by atoms with Crippen molar-refractivity contribution < 1.29 is 4.74 Å². The fourth-order valence-electron chi connectivity index (χ4n) is 4.21. The van der Waals surface area contributed by atoms with Gasteiger partial charge in [0.1, 0.15) is 0 Å². The molecule has 24 heavy (non-hydrogen) atoms. The molecule has 1 aliphatic carbocycles. The summed E-state index contributed by atoms with van der Waals surface area (Å²) in [4.78, 5) is 7.34. The molecule has 0 aromatic rings. The highest BCUT2D eigenvalue weighted by atomic mass is 127. The Morgan fingerprint density at radius 2 is 2.08 bits per heavy atom. The van der Waals surface area contributed by atoms with Crippen molar-refractivity contribution in [3.8, 4) is 0 Å². The lowest BCUT2D eigenvalue weighted by Crippen LogP contribution is -2.68. The first-order valence-corrected chi connectivity index (χ1v) is 10.2. The first-order valence-electron chi connectivity index (χ1n) is 9.09. The van der Waals surface area contributed by atoms with Crippen molar-refractivity contribution in [3.63, 3.8) is 0 Å². The molecule has 0 aromatic heterocycles. The highest BCUT2D eigenvalue weighted by Gasteiger charge is 2.59. The summed E-state index contributed by atoms with van der Waals surface area (Å²) in [5.41, 5.74) is 0.196. The van der Waals surface area contributed by atoms with Gasteiger partial charge in [-0.1, -0.05) is 13.8 Å². The number of hydrogen-bond acceptors (Lipinski definition) is 4. The molecule has 1 saturated carbocycles. The molecule has 2 aliphatic heterocycles. The summed E-state index contributed by atoms with van der Waals surface area (Å²) in [5.74, 6) is 4.15. The molecule has 2 saturated heterocycles. The summed E-state index contributed by atoms with van der Waals surface area (Å²) in [5, 5.41) is 7.10. The standard InChI is InChI=1S/C17H32N4OS.HI/c1-4-18-16(19-6-7-21-8-11-23-12-9-21)20-14-13-5-10-22-15(13)17(14,2)3;/h13-15H,4-12H2,1-3H3,(H2,18,19,20);1H. The van der Waals surface area contributed by atoms with Crippen molar-refractivity contribution in [2.75, 3.05) is 50.8 Å². The number of nitrogens with one attached hydrogen (secondary N) is 2. The zero-order chi connectivity index (χ0) is 16.3. The Kier molecular flexibility index (Phi) is 7.96. The summed E-state index contributed by atoms with van der Waals surface area (Å²) in [6, 6.07) is 0.471. The minimum Gasteiger partial charge on any atom is -0.377 e. The number of rotatable bonds is 5. The topological polar surface area (TPSA) is 48.9 Å². The lowest BCUT2D eigenvalue weighted by Gasteiger charge is -2.54. The molecule has 2 N–H and O–H groups in total. The molecule has 5 nitrogen and oxygen atoms in total. The number of guanidine groups is 1. The lowest BCUT2D eigenvalue weighted by atomic mass is 9.57. The van der Waals surface area contributed by atoms with Gasteiger partial charge < -0.3 is 15.4 Å². The van der Waals surface area contributed by atoms with Crippen molar-refractivity contribution in [2.24, 2.45) is 16.3 Å². The largest absolute Gasteiger partial charge is 0.377 e. The van der Waals surface area contributed by atoms with Crippen molar-refractivity contribution in [3.05, 3.63) is 0 Å². The molecule has 0 aromatic carbocycles. The predicted molar refractivity (Wildman–Crippen MR) is 114 cm³/mol. The first-order chi connectivity index (χ1) is 11.1. The molecular formula is C17H33IN4OS. The molecule has 0 spiro atoms. The number of nitrogens with zero attached hydrogens (tertiary/aromatic N) is 2. The van der Waals surface area contributed by atoms with E-state index in [1.165, 1.54) is 31.0 Å². The number of hydrogen-bond donors (Lipinski definition) is 2. The Hall–Kier alpha value is 0.270. The van der Waals surface area contributed by atoms with Gasteiger partial charge in [0.05, 0.1) is 12.6 Å². The van der Waals surface area contributed by atoms with E-state index in [1.54, 1.807) is 0 Å². The molecule has 7 heteroatoms. The molecule has 3 fully saturated rings. The zero-order valence-corrected chi connectivity index (χ0v) is 18.4. The normalized spacial score (nSPS) is 32.5. The van der Waals surface area contributed by atoms with Crippen molar-refractivity contribution in [2.45, 2.75) is 39.3 Å². The Bertz CT molecular complexity index is 429. The second-order valence-electron chi connectivity index (χ2n) is 7.40. The van der Waals surface area contributed by atoms with Gasteiger partial charge in [-0.2, -0.15) is 11.8 Å². The van der Waals surface area contributed by atoms with Crippen molar-refractivity contribution in [1.82, 2.24) is 15.5 Å². The van der Waals surface area contributed by atoms with E-state index in [0.29, 0.717) is 18.1 Å². The van der Waals surface area contributed by atoms with E-state index >= 15 is 0 Å². The van der Waals surface area contributed by atoms with Gasteiger partial charge in [-0.3, -0.25) is 9.89 Å². The van der Waals surface area contributed by atoms with E-state index < -0.39 is 0 Å². The monoisotopic (exact) mass is 468 g/mol. The Labute approximate surface area is 168 Å². The highest BCUT2D eigenvalue weighted by molar-refractivity contribution is 14.0. The Morgan fingerprint density at radius 1 is 1.33 bits per heavy atom. The number of aliphatic imine (C=N–C) groups is 1. The molecule has 0 amide bonds. The molecule has 3 atom stereocenters. The van der Waals surface area contributed by atoms with E-state index in [4.69, 9.17) is 9.73 Å². The fourth-order valence-corrected chi connectivity index (χ4v) is 5.19. The minimum absolute atomic E-state index is 0. The van der Waals surface area contributed by atoms with Crippen LogP contribution in [0.1, 0.15) is 27.2 Å². The minimum atomic E-state index is 0. The van der Waals surface area contributed by atoms with Crippen LogP contribution in [0.15, 0.2) is 4.99 Å². The Balaban J connectivity index is 0.00000208. The average molecular weight is 468 g/mol. The summed E-state index contributed by atoms with van der Waals surface area (Å²) >= 11 is 2.06. The van der Waals surface area contributed by atoms with Crippen LogP contribution in [-0.4, -0.2) is 73.8 Å². The maximum absolute atomic E-state index is 5.89. The van der Waals surface area contributed by atoms with Crippen LogP contribution >= 0.6 is 35.7 Å². The fraction of sp³-hybridized carbons (Fsp3) is 0.941. The quantitative estimate of drug-likeness (QED) is 0.368. The molecule has 0 bridgehead atoms. The first kappa shape index (κ1) is 20.6. The molecule has 3 unspecified atom stereocenters. The van der Waals surface area contributed by atoms with Gasteiger partial charge in [-0.15, -0.1) is 24.0 Å². The maximum atomic E-state index is 5.89. The smallest absolute Gasteiger partial charge is 0.191 e. The summed E-state index contributed by atoms with van der Waals surface area (Å²) in [6.45, 7) is 12.9. The van der Waals surface area contributed by atoms with E-state index in [0.717, 1.165) is 32.2 Å². The molecule has 0 radical (unpaired) electrons. The third-order valence-corrected chi connectivity index (χ3v) is 6.47. The van der Waals surface area contributed by atoms with Crippen LogP contribution in [0.25, 0.3) is 0 Å². The third-order valence-electron chi connectivity index (χ3n) is 5.53. The van der Waals surface area contributed by atoms with E-state index in [-0.39, 0.29) is 29.4 Å². The van der Waals surface area contributed by atoms with Crippen LogP contribution in [0, 0.1) is 11.3 Å². The number of halogens is 1. The molecule has 2 heterocycles. The summed E-state index contributed by atoms with van der Waals surface area (Å²) in [6.07, 6.45) is 1.60. The Morgan fingerprint density at radius 3 is 2.79 bits per heavy atom. The summed E-state index contributed by atoms with van der Waals surface area (Å²) in [7, 11) is 0. The van der Waals surface area contributed by atoms with Crippen molar-refractivity contribution in [1.29, 1.82) is 0 Å². The molecule has 3 rings (SSSR count). The highest BCUT2D eigenvalue weighted by Crippen LogP contribution is 2.52. The lowest BCUT2D eigenvalue weighted by molar-refractivity contribution is -0.106. The van der Waals surface area contributed by atoms with Crippen LogP contribution in [0.2, 0.25) is 0 Å². The maximum Gasteiger partial charge on any atom is 0.191 e. The second kappa shape index (κ2) is 9.28. The molecular weight excluding hydrogens is 435 g/mol. The van der Waals surface area contributed by atoms with Gasteiger partial charge in [-0.25, -0.2) is 0 Å².